The number of halogens is 3. The molecule has 0 spiro atoms. The fourth-order valence-electron chi connectivity index (χ4n) is 1.57. The van der Waals surface area contributed by atoms with Gasteiger partial charge in [-0.2, -0.15) is 13.2 Å². The topological polar surface area (TPSA) is 60.8 Å². The summed E-state index contributed by atoms with van der Waals surface area (Å²) in [4.78, 5) is 12.6. The Labute approximate surface area is 108 Å². The van der Waals surface area contributed by atoms with Gasteiger partial charge in [0.1, 0.15) is 18.0 Å². The third kappa shape index (κ3) is 4.35. The van der Waals surface area contributed by atoms with Gasteiger partial charge in [-0.1, -0.05) is 0 Å². The second-order valence-electron chi connectivity index (χ2n) is 4.38. The molecule has 0 fully saturated rings. The Morgan fingerprint density at radius 2 is 1.68 bits per heavy atom. The van der Waals surface area contributed by atoms with Gasteiger partial charge in [-0.05, 0) is 26.0 Å². The lowest BCUT2D eigenvalue weighted by Gasteiger charge is -2.27. The van der Waals surface area contributed by atoms with Crippen LogP contribution in [0.5, 0.6) is 11.5 Å². The number of carbonyl (C=O) groups is 1. The molecule has 0 bridgehead atoms. The number of aromatic hydroxyl groups is 2. The van der Waals surface area contributed by atoms with Crippen molar-refractivity contribution in [2.24, 2.45) is 0 Å². The minimum Gasteiger partial charge on any atom is -0.508 e. The van der Waals surface area contributed by atoms with E-state index in [1.165, 1.54) is 13.8 Å². The molecule has 106 valence electrons. The number of carbonyl (C=O) groups excluding carboxylic acids is 1. The molecule has 1 aromatic rings. The number of benzene rings is 1. The smallest absolute Gasteiger partial charge is 0.406 e. The van der Waals surface area contributed by atoms with E-state index in [2.05, 4.69) is 0 Å². The molecule has 0 unspecified atom stereocenters. The minimum absolute atomic E-state index is 0.199. The molecule has 1 aromatic carbocycles. The van der Waals surface area contributed by atoms with Crippen molar-refractivity contribution in [1.29, 1.82) is 0 Å². The van der Waals surface area contributed by atoms with Gasteiger partial charge in [-0.15, -0.1) is 0 Å². The summed E-state index contributed by atoms with van der Waals surface area (Å²) in [5, 5.41) is 18.5. The van der Waals surface area contributed by atoms with Crippen LogP contribution in [0.15, 0.2) is 18.2 Å². The number of alkyl halides is 3. The van der Waals surface area contributed by atoms with Crippen LogP contribution in [0.4, 0.5) is 13.2 Å². The second-order valence-corrected chi connectivity index (χ2v) is 4.38. The molecule has 0 saturated heterocycles. The lowest BCUT2D eigenvalue weighted by Crippen LogP contribution is -2.43. The molecule has 19 heavy (non-hydrogen) atoms. The van der Waals surface area contributed by atoms with Crippen molar-refractivity contribution in [3.8, 4) is 11.5 Å². The Balaban J connectivity index is 3.06. The van der Waals surface area contributed by atoms with E-state index in [0.29, 0.717) is 4.90 Å². The van der Waals surface area contributed by atoms with Crippen molar-refractivity contribution >= 4 is 5.91 Å². The molecule has 0 aliphatic rings. The van der Waals surface area contributed by atoms with Gasteiger partial charge in [0.2, 0.25) is 0 Å². The third-order valence-corrected chi connectivity index (χ3v) is 2.38. The summed E-state index contributed by atoms with van der Waals surface area (Å²) in [5.41, 5.74) is -0.199. The van der Waals surface area contributed by atoms with Gasteiger partial charge >= 0.3 is 6.18 Å². The van der Waals surface area contributed by atoms with E-state index in [1.54, 1.807) is 0 Å². The van der Waals surface area contributed by atoms with Crippen LogP contribution in [0, 0.1) is 0 Å². The summed E-state index contributed by atoms with van der Waals surface area (Å²) in [6.07, 6.45) is -4.52. The van der Waals surface area contributed by atoms with Gasteiger partial charge < -0.3 is 15.1 Å². The van der Waals surface area contributed by atoms with Crippen molar-refractivity contribution in [2.45, 2.75) is 26.1 Å². The molecule has 0 aliphatic carbocycles. The van der Waals surface area contributed by atoms with Gasteiger partial charge in [0.05, 0.1) is 0 Å². The number of phenols is 2. The minimum atomic E-state index is -4.52. The van der Waals surface area contributed by atoms with Crippen molar-refractivity contribution in [3.63, 3.8) is 0 Å². The Bertz CT molecular complexity index is 452. The lowest BCUT2D eigenvalue weighted by atomic mass is 10.1. The molecule has 7 heteroatoms. The molecular formula is C12H14F3NO3. The van der Waals surface area contributed by atoms with Crippen LogP contribution in [-0.2, 0) is 0 Å². The van der Waals surface area contributed by atoms with Crippen molar-refractivity contribution in [1.82, 2.24) is 4.90 Å². The molecular weight excluding hydrogens is 263 g/mol. The zero-order chi connectivity index (χ0) is 14.8. The maximum Gasteiger partial charge on any atom is 0.406 e. The zero-order valence-electron chi connectivity index (χ0n) is 10.4. The molecule has 2 N–H and O–H groups in total. The number of hydrogen-bond donors (Lipinski definition) is 2. The molecule has 0 aliphatic heterocycles. The summed E-state index contributed by atoms with van der Waals surface area (Å²) in [7, 11) is 0. The molecule has 0 atom stereocenters. The molecule has 1 rings (SSSR count). The Kier molecular flexibility index (Phi) is 4.28. The molecule has 0 saturated carbocycles. The normalized spacial score (nSPS) is 11.7. The molecule has 0 radical (unpaired) electrons. The number of nitrogens with zero attached hydrogens (tertiary/aromatic N) is 1. The number of phenolic OH excluding ortho intramolecular Hbond substituents is 2. The second kappa shape index (κ2) is 5.38. The standard InChI is InChI=1S/C12H14F3NO3/c1-7(2)16(6-12(13,14)15)11(19)8-3-9(17)5-10(18)4-8/h3-5,7,17-18H,6H2,1-2H3. The van der Waals surface area contributed by atoms with E-state index in [9.17, 15) is 28.2 Å². The first kappa shape index (κ1) is 15.1. The predicted molar refractivity (Wildman–Crippen MR) is 62.0 cm³/mol. The third-order valence-electron chi connectivity index (χ3n) is 2.38. The van der Waals surface area contributed by atoms with E-state index in [0.717, 1.165) is 18.2 Å². The van der Waals surface area contributed by atoms with E-state index in [-0.39, 0.29) is 17.1 Å². The summed E-state index contributed by atoms with van der Waals surface area (Å²) in [5.74, 6) is -1.68. The molecule has 0 aromatic heterocycles. The van der Waals surface area contributed by atoms with E-state index >= 15 is 0 Å². The molecule has 0 heterocycles. The largest absolute Gasteiger partial charge is 0.508 e. The molecule has 4 nitrogen and oxygen atoms in total. The predicted octanol–water partition coefficient (Wildman–Crippen LogP) is 2.51. The summed E-state index contributed by atoms with van der Waals surface area (Å²) >= 11 is 0. The van der Waals surface area contributed by atoms with Crippen molar-refractivity contribution in [3.05, 3.63) is 23.8 Å². The number of hydrogen-bond acceptors (Lipinski definition) is 3. The quantitative estimate of drug-likeness (QED) is 0.892. The van der Waals surface area contributed by atoms with Crippen LogP contribution >= 0.6 is 0 Å². The summed E-state index contributed by atoms with van der Waals surface area (Å²) in [6, 6.07) is 2.33. The highest BCUT2D eigenvalue weighted by molar-refractivity contribution is 5.95. The maximum atomic E-state index is 12.4. The van der Waals surface area contributed by atoms with E-state index in [1.807, 2.05) is 0 Å². The van der Waals surface area contributed by atoms with Crippen LogP contribution in [0.3, 0.4) is 0 Å². The van der Waals surface area contributed by atoms with Gasteiger partial charge in [-0.25, -0.2) is 0 Å². The van der Waals surface area contributed by atoms with E-state index in [4.69, 9.17) is 0 Å². The first-order valence-electron chi connectivity index (χ1n) is 5.51. The Hall–Kier alpha value is -1.92. The van der Waals surface area contributed by atoms with Crippen LogP contribution in [0.2, 0.25) is 0 Å². The fourth-order valence-corrected chi connectivity index (χ4v) is 1.57. The SMILES string of the molecule is CC(C)N(CC(F)(F)F)C(=O)c1cc(O)cc(O)c1. The van der Waals surface area contributed by atoms with Gasteiger partial charge in [0.15, 0.2) is 0 Å². The lowest BCUT2D eigenvalue weighted by molar-refractivity contribution is -0.143. The Morgan fingerprint density at radius 1 is 1.21 bits per heavy atom. The van der Waals surface area contributed by atoms with Crippen molar-refractivity contribution in [2.75, 3.05) is 6.54 Å². The van der Waals surface area contributed by atoms with E-state index < -0.39 is 24.7 Å². The highest BCUT2D eigenvalue weighted by atomic mass is 19.4. The monoisotopic (exact) mass is 277 g/mol. The maximum absolute atomic E-state index is 12.4. The zero-order valence-corrected chi connectivity index (χ0v) is 10.4. The molecule has 1 amide bonds. The van der Waals surface area contributed by atoms with Crippen LogP contribution in [0.1, 0.15) is 24.2 Å². The summed E-state index contributed by atoms with van der Waals surface area (Å²) < 4.78 is 37.2. The van der Waals surface area contributed by atoms with Gasteiger partial charge in [0, 0.05) is 17.7 Å². The van der Waals surface area contributed by atoms with Crippen LogP contribution in [-0.4, -0.2) is 39.8 Å². The number of amides is 1. The van der Waals surface area contributed by atoms with Gasteiger partial charge in [-0.3, -0.25) is 4.79 Å². The highest BCUT2D eigenvalue weighted by Gasteiger charge is 2.34. The first-order valence-corrected chi connectivity index (χ1v) is 5.51. The fraction of sp³-hybridized carbons (Fsp3) is 0.417. The first-order chi connectivity index (χ1) is 8.60. The summed E-state index contributed by atoms with van der Waals surface area (Å²) in [6.45, 7) is 1.51. The van der Waals surface area contributed by atoms with Crippen LogP contribution in [0.25, 0.3) is 0 Å². The van der Waals surface area contributed by atoms with Gasteiger partial charge in [0.25, 0.3) is 5.91 Å². The number of rotatable bonds is 3. The highest BCUT2D eigenvalue weighted by Crippen LogP contribution is 2.24. The van der Waals surface area contributed by atoms with Crippen molar-refractivity contribution < 1.29 is 28.2 Å². The average Bonchev–Trinajstić information content (AvgIpc) is 2.22. The van der Waals surface area contributed by atoms with Crippen LogP contribution < -0.4 is 0 Å². The average molecular weight is 277 g/mol. The Morgan fingerprint density at radius 3 is 2.05 bits per heavy atom.